The highest BCUT2D eigenvalue weighted by Gasteiger charge is 2.08. The average Bonchev–Trinajstić information content (AvgIpc) is 2.22. The fraction of sp³-hybridized carbons (Fsp3) is 0.364. The zero-order valence-electron chi connectivity index (χ0n) is 8.53. The van der Waals surface area contributed by atoms with Crippen LogP contribution in [0.3, 0.4) is 0 Å². The molecule has 0 spiro atoms. The number of nitriles is 1. The van der Waals surface area contributed by atoms with Gasteiger partial charge in [0.15, 0.2) is 6.10 Å². The fourth-order valence-corrected chi connectivity index (χ4v) is 1.23. The van der Waals surface area contributed by atoms with Crippen molar-refractivity contribution in [3.8, 4) is 11.8 Å². The predicted molar refractivity (Wildman–Crippen MR) is 54.9 cm³/mol. The first-order valence-corrected chi connectivity index (χ1v) is 4.72. The molecule has 0 aromatic heterocycles. The molecule has 1 atom stereocenters. The molecule has 15 heavy (non-hydrogen) atoms. The largest absolute Gasteiger partial charge is 0.476 e. The van der Waals surface area contributed by atoms with Gasteiger partial charge in [-0.2, -0.15) is 5.26 Å². The third kappa shape index (κ3) is 3.22. The molecular weight excluding hydrogens is 195 g/mol. The Morgan fingerprint density at radius 3 is 2.93 bits per heavy atom. The Morgan fingerprint density at radius 1 is 1.60 bits per heavy atom. The van der Waals surface area contributed by atoms with Crippen LogP contribution in [0.2, 0.25) is 0 Å². The molecule has 1 rings (SSSR count). The second-order valence-corrected chi connectivity index (χ2v) is 3.18. The molecule has 80 valence electrons. The van der Waals surface area contributed by atoms with E-state index in [-0.39, 0.29) is 5.82 Å². The summed E-state index contributed by atoms with van der Waals surface area (Å²) in [6, 6.07) is 6.16. The Morgan fingerprint density at radius 2 is 2.33 bits per heavy atom. The van der Waals surface area contributed by atoms with Crippen LogP contribution in [-0.2, 0) is 6.42 Å². The van der Waals surface area contributed by atoms with Gasteiger partial charge in [-0.25, -0.2) is 4.39 Å². The van der Waals surface area contributed by atoms with E-state index in [4.69, 9.17) is 15.7 Å². The molecule has 1 aromatic carbocycles. The Kier molecular flexibility index (Phi) is 4.07. The number of hydrogen-bond donors (Lipinski definition) is 1. The molecule has 0 aliphatic carbocycles. The lowest BCUT2D eigenvalue weighted by molar-refractivity contribution is 0.273. The maximum absolute atomic E-state index is 12.9. The van der Waals surface area contributed by atoms with Crippen molar-refractivity contribution in [1.82, 2.24) is 0 Å². The van der Waals surface area contributed by atoms with Crippen molar-refractivity contribution in [3.63, 3.8) is 0 Å². The van der Waals surface area contributed by atoms with Crippen molar-refractivity contribution >= 4 is 0 Å². The normalized spacial score (nSPS) is 11.9. The summed E-state index contributed by atoms with van der Waals surface area (Å²) in [5, 5.41) is 8.60. The number of ether oxygens (including phenoxy) is 1. The minimum absolute atomic E-state index is 0.324. The van der Waals surface area contributed by atoms with Crippen LogP contribution < -0.4 is 10.5 Å². The topological polar surface area (TPSA) is 59.0 Å². The SMILES string of the molecule is CC(C#N)Oc1ccc(F)cc1CCN. The number of nitrogens with zero attached hydrogens (tertiary/aromatic N) is 1. The van der Waals surface area contributed by atoms with Crippen LogP contribution in [0.4, 0.5) is 4.39 Å². The van der Waals surface area contributed by atoms with Gasteiger partial charge in [0.2, 0.25) is 0 Å². The molecule has 0 heterocycles. The molecule has 0 amide bonds. The lowest BCUT2D eigenvalue weighted by atomic mass is 10.1. The van der Waals surface area contributed by atoms with Gasteiger partial charge in [-0.05, 0) is 43.7 Å². The number of rotatable bonds is 4. The van der Waals surface area contributed by atoms with Crippen molar-refractivity contribution in [2.24, 2.45) is 5.73 Å². The fourth-order valence-electron chi connectivity index (χ4n) is 1.23. The average molecular weight is 208 g/mol. The molecule has 2 N–H and O–H groups in total. The van der Waals surface area contributed by atoms with Gasteiger partial charge in [0, 0.05) is 0 Å². The number of halogens is 1. The van der Waals surface area contributed by atoms with Gasteiger partial charge in [-0.3, -0.25) is 0 Å². The maximum Gasteiger partial charge on any atom is 0.181 e. The van der Waals surface area contributed by atoms with E-state index in [1.165, 1.54) is 18.2 Å². The van der Waals surface area contributed by atoms with E-state index >= 15 is 0 Å². The van der Waals surface area contributed by atoms with Gasteiger partial charge in [0.05, 0.1) is 0 Å². The van der Waals surface area contributed by atoms with Crippen molar-refractivity contribution in [1.29, 1.82) is 5.26 Å². The summed E-state index contributed by atoms with van der Waals surface area (Å²) in [7, 11) is 0. The van der Waals surface area contributed by atoms with Gasteiger partial charge in [0.1, 0.15) is 17.6 Å². The molecule has 0 fully saturated rings. The van der Waals surface area contributed by atoms with Crippen LogP contribution in [0.25, 0.3) is 0 Å². The number of nitrogens with two attached hydrogens (primary N) is 1. The van der Waals surface area contributed by atoms with Crippen LogP contribution in [-0.4, -0.2) is 12.6 Å². The number of hydrogen-bond acceptors (Lipinski definition) is 3. The summed E-state index contributed by atoms with van der Waals surface area (Å²) in [4.78, 5) is 0. The van der Waals surface area contributed by atoms with Crippen LogP contribution >= 0.6 is 0 Å². The van der Waals surface area contributed by atoms with E-state index in [0.29, 0.717) is 24.3 Å². The highest BCUT2D eigenvalue weighted by molar-refractivity contribution is 5.34. The minimum atomic E-state index is -0.549. The Hall–Kier alpha value is -1.60. The summed E-state index contributed by atoms with van der Waals surface area (Å²) in [5.74, 6) is 0.200. The zero-order valence-corrected chi connectivity index (χ0v) is 8.53. The molecule has 4 heteroatoms. The van der Waals surface area contributed by atoms with Gasteiger partial charge in [0.25, 0.3) is 0 Å². The summed E-state index contributed by atoms with van der Waals surface area (Å²) < 4.78 is 18.2. The molecule has 0 radical (unpaired) electrons. The molecule has 0 saturated carbocycles. The van der Waals surface area contributed by atoms with Gasteiger partial charge in [-0.15, -0.1) is 0 Å². The van der Waals surface area contributed by atoms with E-state index in [1.54, 1.807) is 6.92 Å². The highest BCUT2D eigenvalue weighted by atomic mass is 19.1. The van der Waals surface area contributed by atoms with E-state index in [0.717, 1.165) is 0 Å². The molecule has 1 unspecified atom stereocenters. The minimum Gasteiger partial charge on any atom is -0.476 e. The molecular formula is C11H13FN2O. The third-order valence-corrected chi connectivity index (χ3v) is 1.92. The Bertz CT molecular complexity index is 373. The first-order valence-electron chi connectivity index (χ1n) is 4.72. The second kappa shape index (κ2) is 5.32. The smallest absolute Gasteiger partial charge is 0.181 e. The molecule has 1 aromatic rings. The predicted octanol–water partition coefficient (Wildman–Crippen LogP) is 1.62. The summed E-state index contributed by atoms with van der Waals surface area (Å²) in [6.45, 7) is 2.05. The van der Waals surface area contributed by atoms with Gasteiger partial charge < -0.3 is 10.5 Å². The summed E-state index contributed by atoms with van der Waals surface area (Å²) >= 11 is 0. The monoisotopic (exact) mass is 208 g/mol. The van der Waals surface area contributed by atoms with Gasteiger partial charge in [-0.1, -0.05) is 0 Å². The van der Waals surface area contributed by atoms with Crippen molar-refractivity contribution < 1.29 is 9.13 Å². The van der Waals surface area contributed by atoms with Crippen LogP contribution in [0.15, 0.2) is 18.2 Å². The molecule has 0 bridgehead atoms. The van der Waals surface area contributed by atoms with Crippen molar-refractivity contribution in [2.45, 2.75) is 19.4 Å². The van der Waals surface area contributed by atoms with Crippen LogP contribution in [0.1, 0.15) is 12.5 Å². The Labute approximate surface area is 88.3 Å². The zero-order chi connectivity index (χ0) is 11.3. The standard InChI is InChI=1S/C11H13FN2O/c1-8(7-14)15-11-3-2-10(12)6-9(11)4-5-13/h2-3,6,8H,4-5,13H2,1H3. The van der Waals surface area contributed by atoms with E-state index < -0.39 is 6.10 Å². The third-order valence-electron chi connectivity index (χ3n) is 1.92. The van der Waals surface area contributed by atoms with Crippen LogP contribution in [0, 0.1) is 17.1 Å². The van der Waals surface area contributed by atoms with E-state index in [1.807, 2.05) is 6.07 Å². The maximum atomic E-state index is 12.9. The van der Waals surface area contributed by atoms with E-state index in [9.17, 15) is 4.39 Å². The lowest BCUT2D eigenvalue weighted by Crippen LogP contribution is -2.11. The quantitative estimate of drug-likeness (QED) is 0.817. The summed E-state index contributed by atoms with van der Waals surface area (Å²) in [6.07, 6.45) is -0.0161. The first-order chi connectivity index (χ1) is 7.17. The molecule has 0 aliphatic rings. The van der Waals surface area contributed by atoms with E-state index in [2.05, 4.69) is 0 Å². The lowest BCUT2D eigenvalue weighted by Gasteiger charge is -2.12. The second-order valence-electron chi connectivity index (χ2n) is 3.18. The first kappa shape index (κ1) is 11.5. The van der Waals surface area contributed by atoms with Crippen LogP contribution in [0.5, 0.6) is 5.75 Å². The van der Waals surface area contributed by atoms with Gasteiger partial charge >= 0.3 is 0 Å². The Balaban J connectivity index is 2.91. The molecule has 0 saturated heterocycles. The molecule has 0 aliphatic heterocycles. The van der Waals surface area contributed by atoms with Crippen molar-refractivity contribution in [2.75, 3.05) is 6.54 Å². The summed E-state index contributed by atoms with van der Waals surface area (Å²) in [5.41, 5.74) is 6.09. The van der Waals surface area contributed by atoms with Crippen molar-refractivity contribution in [3.05, 3.63) is 29.6 Å². The highest BCUT2D eigenvalue weighted by Crippen LogP contribution is 2.21. The number of benzene rings is 1. The molecule has 3 nitrogen and oxygen atoms in total.